The fourth-order valence-electron chi connectivity index (χ4n) is 2.40. The Hall–Kier alpha value is -3.39. The Labute approximate surface area is 165 Å². The molecule has 3 rings (SSSR count). The van der Waals surface area contributed by atoms with Crippen molar-refractivity contribution in [2.75, 3.05) is 26.1 Å². The molecule has 7 nitrogen and oxygen atoms in total. The van der Waals surface area contributed by atoms with Crippen LogP contribution in [0.2, 0.25) is 0 Å². The topological polar surface area (TPSA) is 86.8 Å². The number of hydrogen-bond acceptors (Lipinski definition) is 7. The van der Waals surface area contributed by atoms with Gasteiger partial charge in [-0.05, 0) is 30.3 Å². The number of amides is 1. The van der Waals surface area contributed by atoms with E-state index in [-0.39, 0.29) is 0 Å². The molecular weight excluding hydrogens is 380 g/mol. The molecule has 0 radical (unpaired) electrons. The second-order valence-corrected chi connectivity index (χ2v) is 6.64. The number of para-hydroxylation sites is 1. The lowest BCUT2D eigenvalue weighted by Gasteiger charge is -2.10. The number of anilines is 1. The molecule has 2 aromatic carbocycles. The molecule has 0 atom stereocenters. The number of nitrogens with one attached hydrogen (secondary N) is 1. The second-order valence-electron chi connectivity index (χ2n) is 5.58. The van der Waals surface area contributed by atoms with Gasteiger partial charge in [0.25, 0.3) is 5.91 Å². The average molecular weight is 398 g/mol. The molecule has 0 aliphatic rings. The van der Waals surface area contributed by atoms with Crippen molar-refractivity contribution in [2.24, 2.45) is 0 Å². The Bertz CT molecular complexity index is 995. The van der Waals surface area contributed by atoms with Crippen LogP contribution in [0.3, 0.4) is 0 Å². The van der Waals surface area contributed by atoms with Crippen molar-refractivity contribution >= 4 is 45.2 Å². The minimum atomic E-state index is -0.623. The van der Waals surface area contributed by atoms with E-state index < -0.39 is 18.5 Å². The fraction of sp³-hybridized carbons (Fsp3) is 0.150. The quantitative estimate of drug-likeness (QED) is 0.484. The van der Waals surface area contributed by atoms with E-state index in [1.807, 2.05) is 24.3 Å². The number of thiazole rings is 1. The largest absolute Gasteiger partial charge is 0.493 e. The smallest absolute Gasteiger partial charge is 0.331 e. The van der Waals surface area contributed by atoms with Gasteiger partial charge in [-0.25, -0.2) is 9.78 Å². The van der Waals surface area contributed by atoms with Gasteiger partial charge in [-0.1, -0.05) is 12.1 Å². The molecule has 3 aromatic rings. The lowest BCUT2D eigenvalue weighted by Crippen LogP contribution is -2.20. The standard InChI is InChI=1S/C20H18N2O5S/c1-25-15-8-7-13(11-16(15)26-2)21-18(23)12-27-20(24)10-9-19-22-14-5-3-4-6-17(14)28-19/h3-11H,12H2,1-2H3,(H,21,23)/b10-9+. The summed E-state index contributed by atoms with van der Waals surface area (Å²) in [5.41, 5.74) is 1.37. The third-order valence-corrected chi connectivity index (χ3v) is 4.69. The van der Waals surface area contributed by atoms with Crippen molar-refractivity contribution in [1.82, 2.24) is 4.98 Å². The van der Waals surface area contributed by atoms with Crippen LogP contribution in [0.4, 0.5) is 5.69 Å². The predicted molar refractivity (Wildman–Crippen MR) is 108 cm³/mol. The Morgan fingerprint density at radius 3 is 2.64 bits per heavy atom. The molecule has 1 N–H and O–H groups in total. The highest BCUT2D eigenvalue weighted by Gasteiger charge is 2.09. The molecule has 0 aliphatic carbocycles. The molecule has 0 spiro atoms. The van der Waals surface area contributed by atoms with Crippen LogP contribution < -0.4 is 14.8 Å². The number of aromatic nitrogens is 1. The van der Waals surface area contributed by atoms with Crippen LogP contribution in [0, 0.1) is 0 Å². The molecule has 0 aliphatic heterocycles. The minimum absolute atomic E-state index is 0.405. The number of fused-ring (bicyclic) bond motifs is 1. The number of benzene rings is 2. The summed E-state index contributed by atoms with van der Waals surface area (Å²) in [4.78, 5) is 28.2. The van der Waals surface area contributed by atoms with Crippen molar-refractivity contribution < 1.29 is 23.8 Å². The van der Waals surface area contributed by atoms with Crippen LogP contribution in [0.15, 0.2) is 48.5 Å². The zero-order valence-corrected chi connectivity index (χ0v) is 16.1. The van der Waals surface area contributed by atoms with Gasteiger partial charge in [-0.3, -0.25) is 4.79 Å². The first-order chi connectivity index (χ1) is 13.6. The zero-order valence-electron chi connectivity index (χ0n) is 15.3. The van der Waals surface area contributed by atoms with E-state index in [2.05, 4.69) is 10.3 Å². The highest BCUT2D eigenvalue weighted by molar-refractivity contribution is 7.19. The number of carbonyl (C=O) groups is 2. The van der Waals surface area contributed by atoms with E-state index in [1.165, 1.54) is 31.6 Å². The summed E-state index contributed by atoms with van der Waals surface area (Å²) in [6.45, 7) is -0.405. The van der Waals surface area contributed by atoms with Crippen molar-refractivity contribution in [2.45, 2.75) is 0 Å². The number of methoxy groups -OCH3 is 2. The molecule has 1 amide bonds. The molecule has 0 unspecified atom stereocenters. The van der Waals surface area contributed by atoms with Crippen LogP contribution in [-0.4, -0.2) is 37.7 Å². The van der Waals surface area contributed by atoms with E-state index in [9.17, 15) is 9.59 Å². The van der Waals surface area contributed by atoms with Crippen LogP contribution in [0.1, 0.15) is 5.01 Å². The summed E-state index contributed by atoms with van der Waals surface area (Å²) in [5, 5.41) is 3.32. The van der Waals surface area contributed by atoms with Crippen molar-refractivity contribution in [3.8, 4) is 11.5 Å². The van der Waals surface area contributed by atoms with Crippen molar-refractivity contribution in [1.29, 1.82) is 0 Å². The lowest BCUT2D eigenvalue weighted by atomic mass is 10.2. The first-order valence-corrected chi connectivity index (χ1v) is 9.13. The third-order valence-electron chi connectivity index (χ3n) is 3.69. The summed E-state index contributed by atoms with van der Waals surface area (Å²) < 4.78 is 16.3. The molecule has 0 saturated carbocycles. The molecule has 28 heavy (non-hydrogen) atoms. The van der Waals surface area contributed by atoms with E-state index >= 15 is 0 Å². The van der Waals surface area contributed by atoms with Crippen LogP contribution in [0.25, 0.3) is 16.3 Å². The summed E-state index contributed by atoms with van der Waals surface area (Å²) in [7, 11) is 3.03. The molecule has 0 fully saturated rings. The second kappa shape index (κ2) is 9.01. The first kappa shape index (κ1) is 19.4. The molecular formula is C20H18N2O5S. The lowest BCUT2D eigenvalue weighted by molar-refractivity contribution is -0.142. The van der Waals surface area contributed by atoms with Gasteiger partial charge in [-0.15, -0.1) is 11.3 Å². The normalized spacial score (nSPS) is 10.8. The number of nitrogens with zero attached hydrogens (tertiary/aromatic N) is 1. The van der Waals surface area contributed by atoms with Gasteiger partial charge in [0, 0.05) is 17.8 Å². The van der Waals surface area contributed by atoms with Gasteiger partial charge in [0.1, 0.15) is 5.01 Å². The summed E-state index contributed by atoms with van der Waals surface area (Å²) in [6, 6.07) is 12.6. The first-order valence-electron chi connectivity index (χ1n) is 8.31. The maximum absolute atomic E-state index is 12.0. The Balaban J connectivity index is 1.52. The summed E-state index contributed by atoms with van der Waals surface area (Å²) >= 11 is 1.46. The van der Waals surface area contributed by atoms with Gasteiger partial charge in [0.2, 0.25) is 0 Å². The number of hydrogen-bond donors (Lipinski definition) is 1. The third kappa shape index (κ3) is 4.86. The van der Waals surface area contributed by atoms with Gasteiger partial charge in [0.05, 0.1) is 24.4 Å². The Morgan fingerprint density at radius 2 is 1.89 bits per heavy atom. The average Bonchev–Trinajstić information content (AvgIpc) is 3.13. The molecule has 1 aromatic heterocycles. The Morgan fingerprint density at radius 1 is 1.11 bits per heavy atom. The maximum Gasteiger partial charge on any atom is 0.331 e. The fourth-order valence-corrected chi connectivity index (χ4v) is 3.27. The molecule has 0 bridgehead atoms. The molecule has 0 saturated heterocycles. The van der Waals surface area contributed by atoms with E-state index in [0.29, 0.717) is 22.2 Å². The van der Waals surface area contributed by atoms with Gasteiger partial charge in [0.15, 0.2) is 18.1 Å². The number of rotatable bonds is 7. The monoisotopic (exact) mass is 398 g/mol. The van der Waals surface area contributed by atoms with E-state index in [4.69, 9.17) is 14.2 Å². The molecule has 8 heteroatoms. The Kier molecular flexibility index (Phi) is 6.23. The van der Waals surface area contributed by atoms with Crippen molar-refractivity contribution in [3.05, 3.63) is 53.5 Å². The maximum atomic E-state index is 12.0. The number of ether oxygens (including phenoxy) is 3. The SMILES string of the molecule is COc1ccc(NC(=O)COC(=O)/C=C/c2nc3ccccc3s2)cc1OC. The van der Waals surface area contributed by atoms with Gasteiger partial charge >= 0.3 is 5.97 Å². The zero-order chi connectivity index (χ0) is 19.9. The molecule has 1 heterocycles. The van der Waals surface area contributed by atoms with Crippen LogP contribution in [-0.2, 0) is 14.3 Å². The van der Waals surface area contributed by atoms with Crippen LogP contribution in [0.5, 0.6) is 11.5 Å². The highest BCUT2D eigenvalue weighted by Crippen LogP contribution is 2.29. The number of esters is 1. The van der Waals surface area contributed by atoms with Crippen LogP contribution >= 0.6 is 11.3 Å². The van der Waals surface area contributed by atoms with Gasteiger partial charge < -0.3 is 19.5 Å². The van der Waals surface area contributed by atoms with E-state index in [0.717, 1.165) is 10.2 Å². The number of carbonyl (C=O) groups excluding carboxylic acids is 2. The predicted octanol–water partition coefficient (Wildman–Crippen LogP) is 3.51. The van der Waals surface area contributed by atoms with E-state index in [1.54, 1.807) is 24.3 Å². The van der Waals surface area contributed by atoms with Crippen molar-refractivity contribution in [3.63, 3.8) is 0 Å². The summed E-state index contributed by atoms with van der Waals surface area (Å²) in [6.07, 6.45) is 2.82. The highest BCUT2D eigenvalue weighted by atomic mass is 32.1. The minimum Gasteiger partial charge on any atom is -0.493 e. The summed E-state index contributed by atoms with van der Waals surface area (Å²) in [5.74, 6) is -0.0568. The molecule has 144 valence electrons. The van der Waals surface area contributed by atoms with Gasteiger partial charge in [-0.2, -0.15) is 0 Å².